The molecular formula is C12H14O4. The van der Waals surface area contributed by atoms with Gasteiger partial charge in [0.05, 0.1) is 13.2 Å². The average Bonchev–Trinajstić information content (AvgIpc) is 2.30. The standard InChI is InChI=1S/C12H14O4/c1-8-2-4-9(5-3-8)10-11(12(13)14)16-7-6-15-10/h2-5,10-11H,6-7H2,1H3,(H,13,14)/t10-,11+/m0/s1. The van der Waals surface area contributed by atoms with E-state index in [-0.39, 0.29) is 0 Å². The number of hydrogen-bond acceptors (Lipinski definition) is 3. The SMILES string of the molecule is Cc1ccc([C@@H]2OCCO[C@H]2C(=O)O)cc1. The second-order valence-electron chi connectivity index (χ2n) is 3.83. The molecule has 1 aliphatic rings. The molecule has 4 heteroatoms. The second kappa shape index (κ2) is 4.63. The molecule has 1 N–H and O–H groups in total. The third-order valence-corrected chi connectivity index (χ3v) is 2.60. The first-order valence-corrected chi connectivity index (χ1v) is 5.21. The van der Waals surface area contributed by atoms with Gasteiger partial charge < -0.3 is 14.6 Å². The van der Waals surface area contributed by atoms with Gasteiger partial charge in [-0.3, -0.25) is 0 Å². The molecule has 0 unspecified atom stereocenters. The van der Waals surface area contributed by atoms with Crippen LogP contribution in [0.5, 0.6) is 0 Å². The van der Waals surface area contributed by atoms with Gasteiger partial charge in [-0.25, -0.2) is 4.79 Å². The maximum absolute atomic E-state index is 11.0. The van der Waals surface area contributed by atoms with Crippen LogP contribution >= 0.6 is 0 Å². The summed E-state index contributed by atoms with van der Waals surface area (Å²) in [7, 11) is 0. The van der Waals surface area contributed by atoms with Gasteiger partial charge in [-0.15, -0.1) is 0 Å². The average molecular weight is 222 g/mol. The fourth-order valence-electron chi connectivity index (χ4n) is 1.75. The molecule has 2 rings (SSSR count). The van der Waals surface area contributed by atoms with Gasteiger partial charge in [0.2, 0.25) is 0 Å². The Morgan fingerprint density at radius 1 is 1.25 bits per heavy atom. The molecular weight excluding hydrogens is 208 g/mol. The van der Waals surface area contributed by atoms with E-state index in [1.54, 1.807) is 0 Å². The minimum Gasteiger partial charge on any atom is -0.479 e. The third-order valence-electron chi connectivity index (χ3n) is 2.60. The number of aliphatic carboxylic acids is 1. The zero-order valence-electron chi connectivity index (χ0n) is 9.05. The van der Waals surface area contributed by atoms with E-state index in [2.05, 4.69) is 0 Å². The van der Waals surface area contributed by atoms with E-state index in [1.807, 2.05) is 31.2 Å². The van der Waals surface area contributed by atoms with E-state index in [0.29, 0.717) is 13.2 Å². The van der Waals surface area contributed by atoms with Crippen LogP contribution < -0.4 is 0 Å². The molecule has 1 aromatic carbocycles. The van der Waals surface area contributed by atoms with Gasteiger partial charge in [-0.05, 0) is 12.5 Å². The molecule has 1 fully saturated rings. The van der Waals surface area contributed by atoms with Crippen LogP contribution in [0.3, 0.4) is 0 Å². The van der Waals surface area contributed by atoms with Crippen molar-refractivity contribution in [1.82, 2.24) is 0 Å². The Labute approximate surface area is 93.8 Å². The fourth-order valence-corrected chi connectivity index (χ4v) is 1.75. The van der Waals surface area contributed by atoms with Crippen molar-refractivity contribution in [3.05, 3.63) is 35.4 Å². The van der Waals surface area contributed by atoms with E-state index in [0.717, 1.165) is 11.1 Å². The third kappa shape index (κ3) is 2.23. The Morgan fingerprint density at radius 3 is 2.50 bits per heavy atom. The highest BCUT2D eigenvalue weighted by Crippen LogP contribution is 2.27. The van der Waals surface area contributed by atoms with Crippen LogP contribution in [0, 0.1) is 6.92 Å². The number of rotatable bonds is 2. The topological polar surface area (TPSA) is 55.8 Å². The van der Waals surface area contributed by atoms with Crippen LogP contribution in [0.15, 0.2) is 24.3 Å². The van der Waals surface area contributed by atoms with E-state index in [1.165, 1.54) is 0 Å². The van der Waals surface area contributed by atoms with Gasteiger partial charge in [0.15, 0.2) is 6.10 Å². The van der Waals surface area contributed by atoms with Crippen molar-refractivity contribution in [2.75, 3.05) is 13.2 Å². The van der Waals surface area contributed by atoms with Crippen molar-refractivity contribution >= 4 is 5.97 Å². The van der Waals surface area contributed by atoms with Crippen molar-refractivity contribution < 1.29 is 19.4 Å². The van der Waals surface area contributed by atoms with Crippen LogP contribution in [0.4, 0.5) is 0 Å². The minimum atomic E-state index is -0.981. The van der Waals surface area contributed by atoms with E-state index < -0.39 is 18.2 Å². The van der Waals surface area contributed by atoms with E-state index in [9.17, 15) is 4.79 Å². The summed E-state index contributed by atoms with van der Waals surface area (Å²) in [6.07, 6.45) is -1.41. The van der Waals surface area contributed by atoms with Gasteiger partial charge in [0.25, 0.3) is 0 Å². The maximum Gasteiger partial charge on any atom is 0.335 e. The first kappa shape index (κ1) is 11.1. The number of benzene rings is 1. The highest BCUT2D eigenvalue weighted by molar-refractivity contribution is 5.73. The molecule has 0 aliphatic carbocycles. The quantitative estimate of drug-likeness (QED) is 0.824. The van der Waals surface area contributed by atoms with Crippen molar-refractivity contribution in [3.8, 4) is 0 Å². The molecule has 2 atom stereocenters. The molecule has 0 saturated carbocycles. The van der Waals surface area contributed by atoms with Crippen molar-refractivity contribution in [2.45, 2.75) is 19.1 Å². The van der Waals surface area contributed by atoms with Crippen LogP contribution in [0.25, 0.3) is 0 Å². The summed E-state index contributed by atoms with van der Waals surface area (Å²) in [5.41, 5.74) is 1.98. The fraction of sp³-hybridized carbons (Fsp3) is 0.417. The molecule has 16 heavy (non-hydrogen) atoms. The van der Waals surface area contributed by atoms with Crippen LogP contribution in [-0.4, -0.2) is 30.4 Å². The van der Waals surface area contributed by atoms with Gasteiger partial charge in [-0.2, -0.15) is 0 Å². The molecule has 1 heterocycles. The zero-order chi connectivity index (χ0) is 11.5. The molecule has 86 valence electrons. The van der Waals surface area contributed by atoms with E-state index in [4.69, 9.17) is 14.6 Å². The molecule has 0 aromatic heterocycles. The molecule has 1 saturated heterocycles. The highest BCUT2D eigenvalue weighted by Gasteiger charge is 2.33. The summed E-state index contributed by atoms with van der Waals surface area (Å²) in [6, 6.07) is 7.63. The Hall–Kier alpha value is -1.39. The normalized spacial score (nSPS) is 25.3. The number of carbonyl (C=O) groups is 1. The molecule has 4 nitrogen and oxygen atoms in total. The highest BCUT2D eigenvalue weighted by atomic mass is 16.6. The second-order valence-corrected chi connectivity index (χ2v) is 3.83. The first-order chi connectivity index (χ1) is 7.68. The maximum atomic E-state index is 11.0. The lowest BCUT2D eigenvalue weighted by Crippen LogP contribution is -2.38. The van der Waals surface area contributed by atoms with Gasteiger partial charge in [0, 0.05) is 0 Å². The summed E-state index contributed by atoms with van der Waals surface area (Å²) in [6.45, 7) is 2.75. The summed E-state index contributed by atoms with van der Waals surface area (Å²) >= 11 is 0. The molecule has 1 aliphatic heterocycles. The van der Waals surface area contributed by atoms with Crippen LogP contribution in [-0.2, 0) is 14.3 Å². The van der Waals surface area contributed by atoms with Crippen molar-refractivity contribution in [2.24, 2.45) is 0 Å². The number of carboxylic acids is 1. The number of hydrogen-bond donors (Lipinski definition) is 1. The van der Waals surface area contributed by atoms with E-state index >= 15 is 0 Å². The smallest absolute Gasteiger partial charge is 0.335 e. The Bertz CT molecular complexity index is 371. The predicted octanol–water partition coefficient (Wildman–Crippen LogP) is 1.54. The molecule has 0 bridgehead atoms. The lowest BCUT2D eigenvalue weighted by molar-refractivity contribution is -0.181. The number of aryl methyl sites for hydroxylation is 1. The van der Waals surface area contributed by atoms with Gasteiger partial charge >= 0.3 is 5.97 Å². The van der Waals surface area contributed by atoms with Gasteiger partial charge in [0.1, 0.15) is 6.10 Å². The number of ether oxygens (including phenoxy) is 2. The summed E-state index contributed by atoms with van der Waals surface area (Å²) in [4.78, 5) is 11.0. The molecule has 0 radical (unpaired) electrons. The lowest BCUT2D eigenvalue weighted by Gasteiger charge is -2.29. The monoisotopic (exact) mass is 222 g/mol. The summed E-state index contributed by atoms with van der Waals surface area (Å²) < 4.78 is 10.7. The molecule has 0 amide bonds. The lowest BCUT2D eigenvalue weighted by atomic mass is 10.0. The summed E-state index contributed by atoms with van der Waals surface area (Å²) in [5.74, 6) is -0.981. The number of carboxylic acid groups (broad SMARTS) is 1. The Morgan fingerprint density at radius 2 is 1.88 bits per heavy atom. The first-order valence-electron chi connectivity index (χ1n) is 5.21. The Kier molecular flexibility index (Phi) is 3.22. The summed E-state index contributed by atoms with van der Waals surface area (Å²) in [5, 5.41) is 9.02. The largest absolute Gasteiger partial charge is 0.479 e. The molecule has 0 spiro atoms. The van der Waals surface area contributed by atoms with Crippen molar-refractivity contribution in [1.29, 1.82) is 0 Å². The molecule has 1 aromatic rings. The van der Waals surface area contributed by atoms with Crippen molar-refractivity contribution in [3.63, 3.8) is 0 Å². The van der Waals surface area contributed by atoms with Crippen LogP contribution in [0.2, 0.25) is 0 Å². The minimum absolute atomic E-state index is 0.333. The Balaban J connectivity index is 2.23. The predicted molar refractivity (Wildman–Crippen MR) is 57.2 cm³/mol. The van der Waals surface area contributed by atoms with Crippen LogP contribution in [0.1, 0.15) is 17.2 Å². The van der Waals surface area contributed by atoms with Gasteiger partial charge in [-0.1, -0.05) is 29.8 Å². The zero-order valence-corrected chi connectivity index (χ0v) is 9.05.